The highest BCUT2D eigenvalue weighted by Crippen LogP contribution is 2.33. The second-order valence-electron chi connectivity index (χ2n) is 6.35. The van der Waals surface area contributed by atoms with E-state index in [2.05, 4.69) is 9.82 Å². The second-order valence-corrected chi connectivity index (χ2v) is 9.03. The van der Waals surface area contributed by atoms with Crippen LogP contribution in [0.2, 0.25) is 0 Å². The highest BCUT2D eigenvalue weighted by atomic mass is 32.2. The molecule has 0 radical (unpaired) electrons. The number of hydrogen-bond acceptors (Lipinski definition) is 5. The average molecular weight is 404 g/mol. The Balaban J connectivity index is 1.86. The number of thiophene rings is 1. The van der Waals surface area contributed by atoms with Gasteiger partial charge in [0, 0.05) is 17.1 Å². The number of amides is 1. The summed E-state index contributed by atoms with van der Waals surface area (Å²) in [6, 6.07) is 12.9. The molecule has 1 amide bonds. The summed E-state index contributed by atoms with van der Waals surface area (Å²) in [5.41, 5.74) is 2.02. The Kier molecular flexibility index (Phi) is 5.48. The molecular formula is C19H21N3O3S2. The molecule has 1 aromatic carbocycles. The van der Waals surface area contributed by atoms with Gasteiger partial charge in [-0.15, -0.1) is 11.3 Å². The van der Waals surface area contributed by atoms with Crippen molar-refractivity contribution in [3.05, 3.63) is 59.1 Å². The van der Waals surface area contributed by atoms with E-state index in [1.165, 1.54) is 22.1 Å². The molecule has 0 unspecified atom stereocenters. The van der Waals surface area contributed by atoms with Gasteiger partial charge in [-0.05, 0) is 43.5 Å². The number of sulfonamides is 1. The first-order chi connectivity index (χ1) is 12.8. The van der Waals surface area contributed by atoms with Crippen molar-refractivity contribution in [2.24, 2.45) is 0 Å². The van der Waals surface area contributed by atoms with Gasteiger partial charge in [0.2, 0.25) is 0 Å². The molecule has 0 bridgehead atoms. The minimum absolute atomic E-state index is 0.0301. The van der Waals surface area contributed by atoms with E-state index in [0.717, 1.165) is 22.4 Å². The summed E-state index contributed by atoms with van der Waals surface area (Å²) in [4.78, 5) is 13.9. The number of aryl methyl sites for hydroxylation is 1. The van der Waals surface area contributed by atoms with E-state index in [1.54, 1.807) is 12.3 Å². The molecule has 27 heavy (non-hydrogen) atoms. The fourth-order valence-corrected chi connectivity index (χ4v) is 4.73. The Bertz CT molecular complexity index is 1050. The van der Waals surface area contributed by atoms with E-state index in [0.29, 0.717) is 4.88 Å². The maximum absolute atomic E-state index is 12.6. The van der Waals surface area contributed by atoms with Crippen molar-refractivity contribution in [3.63, 3.8) is 0 Å². The molecule has 142 valence electrons. The topological polar surface area (TPSA) is 81.1 Å². The quantitative estimate of drug-likeness (QED) is 0.677. The molecule has 0 atom stereocenters. The third kappa shape index (κ3) is 4.12. The van der Waals surface area contributed by atoms with Crippen LogP contribution in [0.25, 0.3) is 10.4 Å². The Morgan fingerprint density at radius 3 is 2.52 bits per heavy atom. The molecule has 6 nitrogen and oxygen atoms in total. The lowest BCUT2D eigenvalue weighted by molar-refractivity contribution is 0.0985. The average Bonchev–Trinajstić information content (AvgIpc) is 3.30. The van der Waals surface area contributed by atoms with Crippen molar-refractivity contribution < 1.29 is 13.2 Å². The van der Waals surface area contributed by atoms with Gasteiger partial charge in [0.1, 0.15) is 0 Å². The zero-order valence-electron chi connectivity index (χ0n) is 15.3. The molecule has 0 saturated carbocycles. The predicted octanol–water partition coefficient (Wildman–Crippen LogP) is 3.87. The van der Waals surface area contributed by atoms with Gasteiger partial charge in [0.25, 0.3) is 15.9 Å². The van der Waals surface area contributed by atoms with Crippen LogP contribution in [-0.4, -0.2) is 24.1 Å². The first kappa shape index (κ1) is 19.3. The monoisotopic (exact) mass is 403 g/mol. The molecule has 2 heterocycles. The summed E-state index contributed by atoms with van der Waals surface area (Å²) in [5.74, 6) is -0.643. The largest absolute Gasteiger partial charge is 0.283 e. The van der Waals surface area contributed by atoms with Crippen molar-refractivity contribution in [1.29, 1.82) is 0 Å². The molecule has 1 N–H and O–H groups in total. The highest BCUT2D eigenvalue weighted by molar-refractivity contribution is 7.90. The third-order valence-corrected chi connectivity index (χ3v) is 6.51. The van der Waals surface area contributed by atoms with Gasteiger partial charge in [-0.25, -0.2) is 4.72 Å². The zero-order chi connectivity index (χ0) is 19.6. The number of nitrogens with zero attached hydrogens (tertiary/aromatic N) is 2. The number of rotatable bonds is 6. The van der Waals surface area contributed by atoms with Crippen molar-refractivity contribution >= 4 is 27.3 Å². The summed E-state index contributed by atoms with van der Waals surface area (Å²) in [6.07, 6.45) is 2.33. The Morgan fingerprint density at radius 1 is 1.22 bits per heavy atom. The number of nitrogens with one attached hydrogen (secondary N) is 1. The number of carbonyl (C=O) groups is 1. The summed E-state index contributed by atoms with van der Waals surface area (Å²) >= 11 is 1.29. The van der Waals surface area contributed by atoms with E-state index >= 15 is 0 Å². The van der Waals surface area contributed by atoms with E-state index in [9.17, 15) is 13.2 Å². The van der Waals surface area contributed by atoms with Crippen LogP contribution in [0.5, 0.6) is 0 Å². The van der Waals surface area contributed by atoms with Crippen LogP contribution >= 0.6 is 11.3 Å². The molecule has 0 aliphatic carbocycles. The highest BCUT2D eigenvalue weighted by Gasteiger charge is 2.24. The molecule has 0 aliphatic rings. The number of aromatic nitrogens is 2. The second kappa shape index (κ2) is 7.66. The van der Waals surface area contributed by atoms with E-state index in [1.807, 2.05) is 51.1 Å². The van der Waals surface area contributed by atoms with E-state index in [4.69, 9.17) is 0 Å². The first-order valence-electron chi connectivity index (χ1n) is 8.62. The van der Waals surface area contributed by atoms with Crippen LogP contribution in [0.15, 0.2) is 53.7 Å². The van der Waals surface area contributed by atoms with Crippen LogP contribution in [0.4, 0.5) is 0 Å². The minimum atomic E-state index is -4.02. The van der Waals surface area contributed by atoms with Gasteiger partial charge in [-0.3, -0.25) is 9.48 Å². The molecule has 0 aliphatic heterocycles. The maximum Gasteiger partial charge on any atom is 0.283 e. The lowest BCUT2D eigenvalue weighted by Crippen LogP contribution is -2.30. The summed E-state index contributed by atoms with van der Waals surface area (Å²) in [7, 11) is -4.02. The lowest BCUT2D eigenvalue weighted by atomic mass is 10.1. The summed E-state index contributed by atoms with van der Waals surface area (Å²) in [5, 5.41) is 3.87. The number of carbonyl (C=O) groups excluding carboxylic acids is 1. The maximum atomic E-state index is 12.6. The van der Waals surface area contributed by atoms with Crippen LogP contribution in [0, 0.1) is 0 Å². The van der Waals surface area contributed by atoms with Crippen molar-refractivity contribution in [2.45, 2.75) is 38.3 Å². The molecule has 3 rings (SSSR count). The minimum Gasteiger partial charge on any atom is -0.269 e. The van der Waals surface area contributed by atoms with E-state index < -0.39 is 15.9 Å². The molecular weight excluding hydrogens is 382 g/mol. The number of hydrogen-bond donors (Lipinski definition) is 1. The van der Waals surface area contributed by atoms with Crippen LogP contribution in [0.3, 0.4) is 0 Å². The smallest absolute Gasteiger partial charge is 0.269 e. The zero-order valence-corrected chi connectivity index (χ0v) is 17.0. The third-order valence-electron chi connectivity index (χ3n) is 4.07. The van der Waals surface area contributed by atoms with Crippen LogP contribution in [-0.2, 0) is 16.4 Å². The Hall–Kier alpha value is -2.45. The number of benzene rings is 1. The molecule has 8 heteroatoms. The van der Waals surface area contributed by atoms with Gasteiger partial charge < -0.3 is 0 Å². The van der Waals surface area contributed by atoms with Gasteiger partial charge in [-0.2, -0.15) is 13.5 Å². The molecule has 0 spiro atoms. The summed E-state index contributed by atoms with van der Waals surface area (Å²) < 4.78 is 28.6. The fourth-order valence-electron chi connectivity index (χ4n) is 2.61. The van der Waals surface area contributed by atoms with Crippen molar-refractivity contribution in [2.75, 3.05) is 0 Å². The van der Waals surface area contributed by atoms with Gasteiger partial charge in [0.05, 0.1) is 4.88 Å². The molecule has 0 fully saturated rings. The molecule has 0 saturated heterocycles. The van der Waals surface area contributed by atoms with Crippen molar-refractivity contribution in [1.82, 2.24) is 14.5 Å². The van der Waals surface area contributed by atoms with Gasteiger partial charge in [0.15, 0.2) is 5.03 Å². The lowest BCUT2D eigenvalue weighted by Gasteiger charge is -2.05. The normalized spacial score (nSPS) is 11.7. The Labute approximate surface area is 162 Å². The summed E-state index contributed by atoms with van der Waals surface area (Å²) in [6.45, 7) is 5.79. The molecule has 2 aromatic heterocycles. The predicted molar refractivity (Wildman–Crippen MR) is 106 cm³/mol. The fraction of sp³-hybridized carbons (Fsp3) is 0.263. The molecule has 3 aromatic rings. The first-order valence-corrected chi connectivity index (χ1v) is 10.9. The van der Waals surface area contributed by atoms with Crippen LogP contribution < -0.4 is 4.72 Å². The Morgan fingerprint density at radius 2 is 1.93 bits per heavy atom. The standard InChI is InChI=1S/C19H21N3O3S2/c1-4-14-12-16(26-18(14)15-8-6-5-7-9-15)19(23)21-27(24,25)17-10-11-22(20-17)13(2)3/h5-13H,4H2,1-3H3,(H,21,23). The van der Waals surface area contributed by atoms with Crippen LogP contribution in [0.1, 0.15) is 42.0 Å². The van der Waals surface area contributed by atoms with Gasteiger partial charge >= 0.3 is 0 Å². The van der Waals surface area contributed by atoms with E-state index in [-0.39, 0.29) is 11.1 Å². The van der Waals surface area contributed by atoms with Crippen molar-refractivity contribution in [3.8, 4) is 10.4 Å². The van der Waals surface area contributed by atoms with Gasteiger partial charge in [-0.1, -0.05) is 37.3 Å². The SMILES string of the molecule is CCc1cc(C(=O)NS(=O)(=O)c2ccn(C(C)C)n2)sc1-c1ccccc1.